The van der Waals surface area contributed by atoms with Gasteiger partial charge < -0.3 is 5.73 Å². The SMILES string of the molecule is Cc1ccc([N+](=O)[O-])c(S(=O)(=O)NCC(N)C2CC2)c1C.Cl. The quantitative estimate of drug-likeness (QED) is 0.598. The molecule has 9 heteroatoms. The molecule has 1 aliphatic carbocycles. The second-order valence-corrected chi connectivity index (χ2v) is 7.17. The zero-order valence-corrected chi connectivity index (χ0v) is 14.0. The van der Waals surface area contributed by atoms with Crippen LogP contribution in [0.1, 0.15) is 24.0 Å². The average molecular weight is 350 g/mol. The van der Waals surface area contributed by atoms with E-state index in [-0.39, 0.29) is 29.9 Å². The van der Waals surface area contributed by atoms with Crippen molar-refractivity contribution in [2.24, 2.45) is 11.7 Å². The average Bonchev–Trinajstić information content (AvgIpc) is 3.22. The number of rotatable bonds is 6. The van der Waals surface area contributed by atoms with E-state index in [1.807, 2.05) is 0 Å². The Labute approximate surface area is 135 Å². The molecule has 0 amide bonds. The molecule has 0 bridgehead atoms. The molecule has 1 fully saturated rings. The molecule has 1 aliphatic rings. The van der Waals surface area contributed by atoms with E-state index in [1.54, 1.807) is 19.9 Å². The first kappa shape index (κ1) is 18.8. The van der Waals surface area contributed by atoms with Crippen molar-refractivity contribution in [3.05, 3.63) is 33.4 Å². The summed E-state index contributed by atoms with van der Waals surface area (Å²) < 4.78 is 27.2. The molecule has 1 atom stereocenters. The van der Waals surface area contributed by atoms with Gasteiger partial charge in [0, 0.05) is 18.7 Å². The summed E-state index contributed by atoms with van der Waals surface area (Å²) in [5.41, 5.74) is 6.53. The molecule has 1 aromatic carbocycles. The third kappa shape index (κ3) is 3.95. The summed E-state index contributed by atoms with van der Waals surface area (Å²) in [4.78, 5) is 10.1. The Morgan fingerprint density at radius 1 is 1.41 bits per heavy atom. The number of nitro benzene ring substituents is 1. The van der Waals surface area contributed by atoms with Crippen LogP contribution in [-0.2, 0) is 10.0 Å². The van der Waals surface area contributed by atoms with E-state index in [4.69, 9.17) is 5.73 Å². The maximum absolute atomic E-state index is 12.4. The van der Waals surface area contributed by atoms with Crippen molar-refractivity contribution in [1.29, 1.82) is 0 Å². The van der Waals surface area contributed by atoms with E-state index in [1.165, 1.54) is 6.07 Å². The van der Waals surface area contributed by atoms with Gasteiger partial charge in [-0.05, 0) is 43.7 Å². The Bertz CT molecular complexity index is 674. The van der Waals surface area contributed by atoms with Crippen molar-refractivity contribution < 1.29 is 13.3 Å². The molecule has 0 aliphatic heterocycles. The van der Waals surface area contributed by atoms with E-state index in [0.717, 1.165) is 12.8 Å². The Hall–Kier alpha value is -1.22. The molecule has 2 rings (SSSR count). The summed E-state index contributed by atoms with van der Waals surface area (Å²) in [6.45, 7) is 3.38. The molecule has 3 N–H and O–H groups in total. The number of hydrogen-bond donors (Lipinski definition) is 2. The lowest BCUT2D eigenvalue weighted by Crippen LogP contribution is -2.38. The molecular weight excluding hydrogens is 330 g/mol. The maximum Gasteiger partial charge on any atom is 0.289 e. The molecule has 22 heavy (non-hydrogen) atoms. The van der Waals surface area contributed by atoms with E-state index >= 15 is 0 Å². The van der Waals surface area contributed by atoms with Crippen LogP contribution in [0.15, 0.2) is 17.0 Å². The van der Waals surface area contributed by atoms with Gasteiger partial charge >= 0.3 is 0 Å². The minimum absolute atomic E-state index is 0. The summed E-state index contributed by atoms with van der Waals surface area (Å²) in [5, 5.41) is 11.1. The lowest BCUT2D eigenvalue weighted by atomic mass is 10.1. The number of benzene rings is 1. The Kier molecular flexibility index (Phi) is 5.91. The second kappa shape index (κ2) is 6.91. The fourth-order valence-corrected chi connectivity index (χ4v) is 3.77. The van der Waals surface area contributed by atoms with Gasteiger partial charge in [-0.25, -0.2) is 13.1 Å². The summed E-state index contributed by atoms with van der Waals surface area (Å²) >= 11 is 0. The van der Waals surface area contributed by atoms with Crippen LogP contribution < -0.4 is 10.5 Å². The van der Waals surface area contributed by atoms with Gasteiger partial charge in [-0.1, -0.05) is 6.07 Å². The third-order valence-corrected chi connectivity index (χ3v) is 5.46. The van der Waals surface area contributed by atoms with Gasteiger partial charge in [-0.3, -0.25) is 10.1 Å². The highest BCUT2D eigenvalue weighted by atomic mass is 35.5. The summed E-state index contributed by atoms with van der Waals surface area (Å²) in [7, 11) is -3.96. The van der Waals surface area contributed by atoms with E-state index < -0.39 is 20.6 Å². The molecule has 1 unspecified atom stereocenters. The van der Waals surface area contributed by atoms with Crippen molar-refractivity contribution in [3.8, 4) is 0 Å². The number of nitrogens with one attached hydrogen (secondary N) is 1. The van der Waals surface area contributed by atoms with Crippen molar-refractivity contribution in [1.82, 2.24) is 4.72 Å². The first-order valence-electron chi connectivity index (χ1n) is 6.74. The summed E-state index contributed by atoms with van der Waals surface area (Å²) in [6.07, 6.45) is 2.01. The minimum Gasteiger partial charge on any atom is -0.326 e. The van der Waals surface area contributed by atoms with Crippen molar-refractivity contribution in [3.63, 3.8) is 0 Å². The van der Waals surface area contributed by atoms with Gasteiger partial charge in [0.15, 0.2) is 4.90 Å². The number of nitrogens with zero attached hydrogens (tertiary/aromatic N) is 1. The van der Waals surface area contributed by atoms with Crippen molar-refractivity contribution >= 4 is 28.1 Å². The highest BCUT2D eigenvalue weighted by Crippen LogP contribution is 2.32. The third-order valence-electron chi connectivity index (χ3n) is 3.86. The number of nitro groups is 1. The number of nitrogens with two attached hydrogens (primary N) is 1. The van der Waals surface area contributed by atoms with Crippen LogP contribution in [0.2, 0.25) is 0 Å². The Balaban J connectivity index is 0.00000242. The monoisotopic (exact) mass is 349 g/mol. The van der Waals surface area contributed by atoms with Crippen molar-refractivity contribution in [2.45, 2.75) is 37.6 Å². The first-order chi connectivity index (χ1) is 9.74. The van der Waals surface area contributed by atoms with Crippen LogP contribution in [0.3, 0.4) is 0 Å². The predicted octanol–water partition coefficient (Wildman–Crippen LogP) is 1.65. The smallest absolute Gasteiger partial charge is 0.289 e. The van der Waals surface area contributed by atoms with E-state index in [9.17, 15) is 18.5 Å². The standard InChI is InChI=1S/C13H19N3O4S.ClH/c1-8-3-6-12(16(17)18)13(9(8)2)21(19,20)15-7-11(14)10-4-5-10;/h3,6,10-11,15H,4-5,7,14H2,1-2H3;1H. The molecule has 124 valence electrons. The van der Waals surface area contributed by atoms with Crippen LogP contribution >= 0.6 is 12.4 Å². The van der Waals surface area contributed by atoms with Crippen LogP contribution in [-0.4, -0.2) is 25.9 Å². The van der Waals surface area contributed by atoms with Crippen LogP contribution in [0.25, 0.3) is 0 Å². The van der Waals surface area contributed by atoms with Gasteiger partial charge in [0.1, 0.15) is 0 Å². The normalized spacial score (nSPS) is 16.0. The maximum atomic E-state index is 12.4. The van der Waals surface area contributed by atoms with Gasteiger partial charge in [0.2, 0.25) is 10.0 Å². The summed E-state index contributed by atoms with van der Waals surface area (Å²) in [5.74, 6) is 0.348. The molecule has 0 radical (unpaired) electrons. The van der Waals surface area contributed by atoms with Crippen molar-refractivity contribution in [2.75, 3.05) is 6.54 Å². The highest BCUT2D eigenvalue weighted by molar-refractivity contribution is 7.89. The highest BCUT2D eigenvalue weighted by Gasteiger charge is 2.32. The minimum atomic E-state index is -3.96. The number of halogens is 1. The molecule has 7 nitrogen and oxygen atoms in total. The van der Waals surface area contributed by atoms with E-state index in [2.05, 4.69) is 4.72 Å². The van der Waals surface area contributed by atoms with Crippen LogP contribution in [0.5, 0.6) is 0 Å². The van der Waals surface area contributed by atoms with Gasteiger partial charge in [0.25, 0.3) is 5.69 Å². The molecule has 0 heterocycles. The number of aryl methyl sites for hydroxylation is 1. The van der Waals surface area contributed by atoms with Gasteiger partial charge in [-0.2, -0.15) is 0 Å². The zero-order valence-electron chi connectivity index (χ0n) is 12.4. The largest absolute Gasteiger partial charge is 0.326 e. The fraction of sp³-hybridized carbons (Fsp3) is 0.538. The topological polar surface area (TPSA) is 115 Å². The molecule has 0 spiro atoms. The zero-order chi connectivity index (χ0) is 15.8. The summed E-state index contributed by atoms with van der Waals surface area (Å²) in [6, 6.07) is 2.52. The molecule has 0 aromatic heterocycles. The Morgan fingerprint density at radius 2 is 2.00 bits per heavy atom. The molecule has 0 saturated heterocycles. The fourth-order valence-electron chi connectivity index (χ4n) is 2.23. The number of hydrogen-bond acceptors (Lipinski definition) is 5. The number of sulfonamides is 1. The lowest BCUT2D eigenvalue weighted by Gasteiger charge is -2.14. The Morgan fingerprint density at radius 3 is 2.50 bits per heavy atom. The van der Waals surface area contributed by atoms with Gasteiger partial charge in [0.05, 0.1) is 4.92 Å². The van der Waals surface area contributed by atoms with Crippen LogP contribution in [0.4, 0.5) is 5.69 Å². The lowest BCUT2D eigenvalue weighted by molar-refractivity contribution is -0.387. The molecule has 1 saturated carbocycles. The van der Waals surface area contributed by atoms with E-state index in [0.29, 0.717) is 17.0 Å². The second-order valence-electron chi connectivity index (χ2n) is 5.47. The van der Waals surface area contributed by atoms with Gasteiger partial charge in [-0.15, -0.1) is 12.4 Å². The van der Waals surface area contributed by atoms with Crippen LogP contribution in [0, 0.1) is 29.9 Å². The molecular formula is C13H20ClN3O4S. The molecule has 1 aromatic rings. The first-order valence-corrected chi connectivity index (χ1v) is 8.22. The predicted molar refractivity (Wildman–Crippen MR) is 85.7 cm³/mol.